The van der Waals surface area contributed by atoms with E-state index in [1.165, 1.54) is 11.1 Å². The number of rotatable bonds is 5. The van der Waals surface area contributed by atoms with Gasteiger partial charge in [-0.15, -0.1) is 0 Å². The van der Waals surface area contributed by atoms with E-state index < -0.39 is 0 Å². The van der Waals surface area contributed by atoms with Gasteiger partial charge in [-0.1, -0.05) is 48.5 Å². The molecule has 0 saturated carbocycles. The van der Waals surface area contributed by atoms with E-state index in [1.54, 1.807) is 0 Å². The van der Waals surface area contributed by atoms with Crippen molar-refractivity contribution in [3.8, 4) is 0 Å². The van der Waals surface area contributed by atoms with E-state index in [2.05, 4.69) is 47.4 Å². The molecule has 2 aromatic carbocycles. The van der Waals surface area contributed by atoms with Gasteiger partial charge >= 0.3 is 0 Å². The number of carbonyl (C=O) groups excluding carboxylic acids is 1. The number of hydrogen-bond acceptors (Lipinski definition) is 2. The number of amides is 1. The molecule has 2 aliphatic heterocycles. The fraction of sp³-hybridized carbons (Fsp3) is 0.435. The fourth-order valence-corrected chi connectivity index (χ4v) is 4.36. The molecule has 0 aromatic heterocycles. The van der Waals surface area contributed by atoms with Crippen LogP contribution in [-0.4, -0.2) is 48.4 Å². The van der Waals surface area contributed by atoms with Crippen LogP contribution in [0.5, 0.6) is 0 Å². The van der Waals surface area contributed by atoms with Crippen LogP contribution in [0.4, 0.5) is 0 Å². The molecule has 4 rings (SSSR count). The Morgan fingerprint density at radius 1 is 0.923 bits per heavy atom. The first-order chi connectivity index (χ1) is 12.8. The van der Waals surface area contributed by atoms with Gasteiger partial charge in [0.25, 0.3) is 5.91 Å². The molecule has 1 atom stereocenters. The molecule has 26 heavy (non-hydrogen) atoms. The molecule has 2 aromatic rings. The highest BCUT2D eigenvalue weighted by molar-refractivity contribution is 5.96. The van der Waals surface area contributed by atoms with Crippen LogP contribution in [0.2, 0.25) is 0 Å². The molecule has 136 valence electrons. The molecule has 1 amide bonds. The summed E-state index contributed by atoms with van der Waals surface area (Å²) in [5.41, 5.74) is 3.59. The lowest BCUT2D eigenvalue weighted by Crippen LogP contribution is -2.29. The monoisotopic (exact) mass is 348 g/mol. The highest BCUT2D eigenvalue weighted by atomic mass is 16.2. The van der Waals surface area contributed by atoms with Gasteiger partial charge in [0.15, 0.2) is 0 Å². The summed E-state index contributed by atoms with van der Waals surface area (Å²) in [5, 5.41) is 0. The first-order valence-electron chi connectivity index (χ1n) is 9.96. The average Bonchev–Trinajstić information content (AvgIpc) is 3.39. The summed E-state index contributed by atoms with van der Waals surface area (Å²) in [6.07, 6.45) is 4.54. The summed E-state index contributed by atoms with van der Waals surface area (Å²) < 4.78 is 0. The molecule has 2 fully saturated rings. The second-order valence-electron chi connectivity index (χ2n) is 7.61. The molecule has 2 aliphatic rings. The molecular weight excluding hydrogens is 320 g/mol. The number of likely N-dealkylation sites (tertiary alicyclic amines) is 2. The van der Waals surface area contributed by atoms with E-state index in [9.17, 15) is 4.79 Å². The van der Waals surface area contributed by atoms with Gasteiger partial charge in [-0.3, -0.25) is 4.79 Å². The number of nitrogens with zero attached hydrogens (tertiary/aromatic N) is 2. The molecule has 1 unspecified atom stereocenters. The normalized spacial score (nSPS) is 20.6. The maximum atomic E-state index is 12.9. The molecule has 2 heterocycles. The fourth-order valence-electron chi connectivity index (χ4n) is 4.36. The summed E-state index contributed by atoms with van der Waals surface area (Å²) in [4.78, 5) is 17.5. The summed E-state index contributed by atoms with van der Waals surface area (Å²) in [6, 6.07) is 19.0. The van der Waals surface area contributed by atoms with Gasteiger partial charge in [0, 0.05) is 31.7 Å². The zero-order chi connectivity index (χ0) is 17.8. The zero-order valence-electron chi connectivity index (χ0n) is 15.4. The second kappa shape index (κ2) is 8.05. The molecule has 0 radical (unpaired) electrons. The number of benzene rings is 2. The average molecular weight is 348 g/mol. The minimum absolute atomic E-state index is 0.237. The molecule has 3 heteroatoms. The summed E-state index contributed by atoms with van der Waals surface area (Å²) in [6.45, 7) is 5.13. The van der Waals surface area contributed by atoms with Gasteiger partial charge in [0.1, 0.15) is 0 Å². The predicted molar refractivity (Wildman–Crippen MR) is 106 cm³/mol. The van der Waals surface area contributed by atoms with Crippen molar-refractivity contribution in [2.24, 2.45) is 0 Å². The Bertz CT molecular complexity index is 737. The Morgan fingerprint density at radius 2 is 1.65 bits per heavy atom. The van der Waals surface area contributed by atoms with Crippen LogP contribution in [0.3, 0.4) is 0 Å². The molecule has 0 spiro atoms. The van der Waals surface area contributed by atoms with Crippen molar-refractivity contribution in [2.75, 3.05) is 32.7 Å². The van der Waals surface area contributed by atoms with E-state index in [1.807, 2.05) is 17.0 Å². The van der Waals surface area contributed by atoms with Gasteiger partial charge in [-0.05, 0) is 55.3 Å². The van der Waals surface area contributed by atoms with Gasteiger partial charge in [0.05, 0.1) is 0 Å². The largest absolute Gasteiger partial charge is 0.339 e. The SMILES string of the molecule is O=C(c1ccccc1C1CCN(CCc2ccccc2)C1)N1CCCC1. The minimum atomic E-state index is 0.237. The summed E-state index contributed by atoms with van der Waals surface area (Å²) in [7, 11) is 0. The van der Waals surface area contributed by atoms with Crippen molar-refractivity contribution >= 4 is 5.91 Å². The molecule has 0 aliphatic carbocycles. The third kappa shape index (κ3) is 3.83. The van der Waals surface area contributed by atoms with Crippen LogP contribution < -0.4 is 0 Å². The number of hydrogen-bond donors (Lipinski definition) is 0. The third-order valence-corrected chi connectivity index (χ3v) is 5.86. The molecule has 0 bridgehead atoms. The van der Waals surface area contributed by atoms with Gasteiger partial charge in [-0.25, -0.2) is 0 Å². The first kappa shape index (κ1) is 17.3. The highest BCUT2D eigenvalue weighted by Gasteiger charge is 2.28. The Labute approximate surface area is 156 Å². The maximum Gasteiger partial charge on any atom is 0.254 e. The van der Waals surface area contributed by atoms with E-state index in [0.29, 0.717) is 5.92 Å². The van der Waals surface area contributed by atoms with Crippen molar-refractivity contribution < 1.29 is 4.79 Å². The lowest BCUT2D eigenvalue weighted by Gasteiger charge is -2.21. The summed E-state index contributed by atoms with van der Waals surface area (Å²) in [5.74, 6) is 0.717. The van der Waals surface area contributed by atoms with Crippen LogP contribution >= 0.6 is 0 Å². The van der Waals surface area contributed by atoms with Crippen LogP contribution in [-0.2, 0) is 6.42 Å². The van der Waals surface area contributed by atoms with Gasteiger partial charge < -0.3 is 9.80 Å². The third-order valence-electron chi connectivity index (χ3n) is 5.86. The molecule has 2 saturated heterocycles. The van der Waals surface area contributed by atoms with Crippen LogP contribution in [0.1, 0.15) is 46.7 Å². The maximum absolute atomic E-state index is 12.9. The van der Waals surface area contributed by atoms with Crippen LogP contribution in [0.25, 0.3) is 0 Å². The minimum Gasteiger partial charge on any atom is -0.339 e. The molecule has 3 nitrogen and oxygen atoms in total. The molecule has 0 N–H and O–H groups in total. The zero-order valence-corrected chi connectivity index (χ0v) is 15.4. The number of carbonyl (C=O) groups is 1. The van der Waals surface area contributed by atoms with Gasteiger partial charge in [-0.2, -0.15) is 0 Å². The lowest BCUT2D eigenvalue weighted by molar-refractivity contribution is 0.0791. The second-order valence-corrected chi connectivity index (χ2v) is 7.61. The Hall–Kier alpha value is -2.13. The summed E-state index contributed by atoms with van der Waals surface area (Å²) >= 11 is 0. The lowest BCUT2D eigenvalue weighted by atomic mass is 9.93. The Balaban J connectivity index is 1.41. The quantitative estimate of drug-likeness (QED) is 0.817. The van der Waals surface area contributed by atoms with E-state index >= 15 is 0 Å². The van der Waals surface area contributed by atoms with Crippen LogP contribution in [0, 0.1) is 0 Å². The Morgan fingerprint density at radius 3 is 2.46 bits per heavy atom. The Kier molecular flexibility index (Phi) is 5.35. The van der Waals surface area contributed by atoms with E-state index in [4.69, 9.17) is 0 Å². The predicted octanol–water partition coefficient (Wildman–Crippen LogP) is 3.95. The standard InChI is InChI=1S/C23H28N2O/c26-23(25-14-6-7-15-25)22-11-5-4-10-21(22)20-13-17-24(18-20)16-12-19-8-2-1-3-9-19/h1-5,8-11,20H,6-7,12-18H2. The van der Waals surface area contributed by atoms with Crippen molar-refractivity contribution in [3.63, 3.8) is 0 Å². The van der Waals surface area contributed by atoms with Crippen molar-refractivity contribution in [3.05, 3.63) is 71.3 Å². The van der Waals surface area contributed by atoms with Crippen molar-refractivity contribution in [2.45, 2.75) is 31.6 Å². The van der Waals surface area contributed by atoms with Crippen molar-refractivity contribution in [1.29, 1.82) is 0 Å². The van der Waals surface area contributed by atoms with E-state index in [-0.39, 0.29) is 5.91 Å². The molecular formula is C23H28N2O. The topological polar surface area (TPSA) is 23.6 Å². The highest BCUT2D eigenvalue weighted by Crippen LogP contribution is 2.30. The van der Waals surface area contributed by atoms with Crippen LogP contribution in [0.15, 0.2) is 54.6 Å². The first-order valence-corrected chi connectivity index (χ1v) is 9.96. The van der Waals surface area contributed by atoms with Crippen molar-refractivity contribution in [1.82, 2.24) is 9.80 Å². The smallest absolute Gasteiger partial charge is 0.254 e. The van der Waals surface area contributed by atoms with Gasteiger partial charge in [0.2, 0.25) is 0 Å². The van der Waals surface area contributed by atoms with E-state index in [0.717, 1.165) is 64.0 Å².